The van der Waals surface area contributed by atoms with Crippen molar-refractivity contribution in [2.45, 2.75) is 17.3 Å². The number of hydrogen-bond acceptors (Lipinski definition) is 5. The van der Waals surface area contributed by atoms with Crippen LogP contribution in [-0.2, 0) is 6.54 Å². The summed E-state index contributed by atoms with van der Waals surface area (Å²) < 4.78 is 26.6. The number of thioether (sulfide) groups is 1. The third-order valence-corrected chi connectivity index (χ3v) is 4.15. The first-order valence-electron chi connectivity index (χ1n) is 4.58. The number of thiazole rings is 1. The molecule has 0 aliphatic rings. The molecule has 2 aromatic rings. The van der Waals surface area contributed by atoms with Gasteiger partial charge in [-0.25, -0.2) is 13.8 Å². The van der Waals surface area contributed by atoms with Crippen molar-refractivity contribution in [2.24, 2.45) is 0 Å². The van der Waals surface area contributed by atoms with Crippen molar-refractivity contribution >= 4 is 33.4 Å². The van der Waals surface area contributed by atoms with E-state index >= 15 is 0 Å². The minimum Gasteiger partial charge on any atom is -0.506 e. The third kappa shape index (κ3) is 2.27. The molecular weight excluding hydrogens is 270 g/mol. The molecule has 0 aromatic carbocycles. The number of hydrogen-bond donors (Lipinski definition) is 1. The highest BCUT2D eigenvalue weighted by Crippen LogP contribution is 2.32. The Hall–Kier alpha value is -1.15. The lowest BCUT2D eigenvalue weighted by atomic mass is 10.4. The van der Waals surface area contributed by atoms with E-state index in [0.29, 0.717) is 9.04 Å². The van der Waals surface area contributed by atoms with Crippen LogP contribution in [0.5, 0.6) is 5.75 Å². The number of halogens is 2. The summed E-state index contributed by atoms with van der Waals surface area (Å²) in [5, 5.41) is 9.58. The Labute approximate surface area is 103 Å². The fourth-order valence-corrected chi connectivity index (χ4v) is 2.89. The summed E-state index contributed by atoms with van der Waals surface area (Å²) >= 11 is 2.50. The maximum Gasteiger partial charge on any atom is 0.256 e. The average molecular weight is 278 g/mol. The number of pyridine rings is 1. The summed E-state index contributed by atoms with van der Waals surface area (Å²) in [5.74, 6) is -0.215. The largest absolute Gasteiger partial charge is 0.506 e. The fourth-order valence-electron chi connectivity index (χ4n) is 1.41. The first-order valence-corrected chi connectivity index (χ1v) is 6.62. The summed E-state index contributed by atoms with van der Waals surface area (Å²) in [6.45, 7) is -0.715. The summed E-state index contributed by atoms with van der Waals surface area (Å²) in [5.41, 5.74) is -0.557. The molecule has 92 valence electrons. The van der Waals surface area contributed by atoms with E-state index in [1.165, 1.54) is 23.1 Å². The van der Waals surface area contributed by atoms with Crippen molar-refractivity contribution in [3.8, 4) is 5.75 Å². The topological polar surface area (TPSA) is 55.1 Å². The fraction of sp³-hybridized carbons (Fsp3) is 0.333. The molecule has 17 heavy (non-hydrogen) atoms. The lowest BCUT2D eigenvalue weighted by Gasteiger charge is -2.05. The average Bonchev–Trinajstić information content (AvgIpc) is 2.68. The molecule has 2 rings (SSSR count). The second kappa shape index (κ2) is 4.61. The molecule has 0 aliphatic carbocycles. The Balaban J connectivity index is 2.72. The van der Waals surface area contributed by atoms with E-state index in [-0.39, 0.29) is 11.4 Å². The zero-order valence-corrected chi connectivity index (χ0v) is 10.3. The molecule has 0 saturated heterocycles. The van der Waals surface area contributed by atoms with Crippen LogP contribution in [0.2, 0.25) is 0 Å². The van der Waals surface area contributed by atoms with E-state index in [4.69, 9.17) is 0 Å². The Morgan fingerprint density at radius 1 is 1.65 bits per heavy atom. The summed E-state index contributed by atoms with van der Waals surface area (Å²) in [6, 6.07) is 0.938. The van der Waals surface area contributed by atoms with Gasteiger partial charge in [-0.1, -0.05) is 11.8 Å². The number of aromatic nitrogens is 2. The normalized spacial score (nSPS) is 11.5. The molecule has 0 unspecified atom stereocenters. The summed E-state index contributed by atoms with van der Waals surface area (Å²) in [7, 11) is 0. The van der Waals surface area contributed by atoms with Crippen LogP contribution >= 0.6 is 23.1 Å². The van der Waals surface area contributed by atoms with E-state index in [0.717, 1.165) is 10.6 Å². The van der Waals surface area contributed by atoms with Crippen LogP contribution in [0.1, 0.15) is 0 Å². The van der Waals surface area contributed by atoms with Crippen molar-refractivity contribution in [1.29, 1.82) is 0 Å². The van der Waals surface area contributed by atoms with Gasteiger partial charge in [-0.3, -0.25) is 9.36 Å². The molecule has 0 aliphatic heterocycles. The zero-order chi connectivity index (χ0) is 12.6. The Morgan fingerprint density at radius 3 is 2.94 bits per heavy atom. The van der Waals surface area contributed by atoms with Crippen molar-refractivity contribution in [2.75, 3.05) is 6.26 Å². The Morgan fingerprint density at radius 2 is 2.35 bits per heavy atom. The maximum absolute atomic E-state index is 12.4. The van der Waals surface area contributed by atoms with Crippen LogP contribution in [0.3, 0.4) is 0 Å². The Bertz CT molecular complexity index is 609. The molecule has 0 saturated carbocycles. The molecule has 0 radical (unpaired) electrons. The molecule has 0 bridgehead atoms. The van der Waals surface area contributed by atoms with Gasteiger partial charge in [-0.2, -0.15) is 0 Å². The Kier molecular flexibility index (Phi) is 3.34. The van der Waals surface area contributed by atoms with Gasteiger partial charge in [0.1, 0.15) is 10.4 Å². The van der Waals surface area contributed by atoms with Gasteiger partial charge in [0.15, 0.2) is 9.99 Å². The molecule has 1 N–H and O–H groups in total. The van der Waals surface area contributed by atoms with Crippen molar-refractivity contribution in [3.05, 3.63) is 16.4 Å². The molecule has 0 spiro atoms. The summed E-state index contributed by atoms with van der Waals surface area (Å²) in [6.07, 6.45) is -0.857. The van der Waals surface area contributed by atoms with Gasteiger partial charge in [-0.05, 0) is 6.26 Å². The number of alkyl halides is 2. The zero-order valence-electron chi connectivity index (χ0n) is 8.68. The highest BCUT2D eigenvalue weighted by atomic mass is 32.2. The molecule has 8 heteroatoms. The van der Waals surface area contributed by atoms with Gasteiger partial charge >= 0.3 is 0 Å². The maximum atomic E-state index is 12.4. The van der Waals surface area contributed by atoms with Crippen molar-refractivity contribution < 1.29 is 13.9 Å². The van der Waals surface area contributed by atoms with Crippen LogP contribution in [-0.4, -0.2) is 27.3 Å². The van der Waals surface area contributed by atoms with Crippen LogP contribution in [0, 0.1) is 0 Å². The molecule has 4 nitrogen and oxygen atoms in total. The summed E-state index contributed by atoms with van der Waals surface area (Å²) in [4.78, 5) is 15.6. The van der Waals surface area contributed by atoms with Gasteiger partial charge in [0.2, 0.25) is 0 Å². The smallest absolute Gasteiger partial charge is 0.256 e. The highest BCUT2D eigenvalue weighted by molar-refractivity contribution is 8.00. The molecule has 0 fully saturated rings. The molecule has 0 amide bonds. The van der Waals surface area contributed by atoms with Gasteiger partial charge in [0.25, 0.3) is 12.0 Å². The van der Waals surface area contributed by atoms with Crippen LogP contribution in [0.15, 0.2) is 15.2 Å². The van der Waals surface area contributed by atoms with E-state index in [2.05, 4.69) is 4.98 Å². The predicted molar refractivity (Wildman–Crippen MR) is 63.3 cm³/mol. The van der Waals surface area contributed by atoms with Crippen molar-refractivity contribution in [3.63, 3.8) is 0 Å². The second-order valence-corrected chi connectivity index (χ2v) is 5.26. The van der Waals surface area contributed by atoms with Gasteiger partial charge in [0, 0.05) is 6.07 Å². The number of fused-ring (bicyclic) bond motifs is 1. The lowest BCUT2D eigenvalue weighted by molar-refractivity contribution is 0.126. The minimum atomic E-state index is -2.64. The quantitative estimate of drug-likeness (QED) is 0.874. The van der Waals surface area contributed by atoms with Crippen LogP contribution in [0.4, 0.5) is 8.78 Å². The van der Waals surface area contributed by atoms with Crippen molar-refractivity contribution in [1.82, 2.24) is 9.55 Å². The first-order chi connectivity index (χ1) is 8.02. The second-order valence-electron chi connectivity index (χ2n) is 3.21. The van der Waals surface area contributed by atoms with E-state index in [1.54, 1.807) is 6.26 Å². The van der Waals surface area contributed by atoms with Crippen LogP contribution < -0.4 is 5.56 Å². The van der Waals surface area contributed by atoms with Gasteiger partial charge in [0.05, 0.1) is 6.54 Å². The molecule has 0 atom stereocenters. The predicted octanol–water partition coefficient (Wildman–Crippen LogP) is 2.15. The lowest BCUT2D eigenvalue weighted by Crippen LogP contribution is -2.22. The monoisotopic (exact) mass is 278 g/mol. The van der Waals surface area contributed by atoms with Gasteiger partial charge in [-0.15, -0.1) is 11.3 Å². The van der Waals surface area contributed by atoms with E-state index in [9.17, 15) is 18.7 Å². The third-order valence-electron chi connectivity index (χ3n) is 2.10. The van der Waals surface area contributed by atoms with Gasteiger partial charge < -0.3 is 5.11 Å². The van der Waals surface area contributed by atoms with E-state index in [1.807, 2.05) is 0 Å². The first kappa shape index (κ1) is 12.3. The SMILES string of the molecule is CSc1nc2c(s1)c(O)cc(=O)n2CC(F)F. The molecular formula is C9H8F2N2O2S2. The number of rotatable bonds is 3. The highest BCUT2D eigenvalue weighted by Gasteiger charge is 2.16. The molecule has 2 aromatic heterocycles. The number of nitrogens with zero attached hydrogens (tertiary/aromatic N) is 2. The molecule has 2 heterocycles. The minimum absolute atomic E-state index is 0.115. The number of aromatic hydroxyl groups is 1. The van der Waals surface area contributed by atoms with Crippen LogP contribution in [0.25, 0.3) is 10.3 Å². The van der Waals surface area contributed by atoms with E-state index < -0.39 is 18.5 Å². The standard InChI is InChI=1S/C9H8F2N2O2S2/c1-16-9-12-8-7(17-9)4(14)2-6(15)13(8)3-5(10)11/h2,5,14H,3H2,1H3.